The lowest BCUT2D eigenvalue weighted by Gasteiger charge is -2.08. The molecule has 0 spiro atoms. The first-order valence-corrected chi connectivity index (χ1v) is 5.87. The van der Waals surface area contributed by atoms with E-state index in [9.17, 15) is 0 Å². The van der Waals surface area contributed by atoms with Crippen LogP contribution >= 0.6 is 27.5 Å². The summed E-state index contributed by atoms with van der Waals surface area (Å²) in [5, 5.41) is 0.656. The number of benzene rings is 1. The first kappa shape index (κ1) is 11.4. The van der Waals surface area contributed by atoms with E-state index in [0.717, 1.165) is 15.8 Å². The highest BCUT2D eigenvalue weighted by atomic mass is 79.9. The third kappa shape index (κ3) is 2.74. The Morgan fingerprint density at radius 1 is 1.25 bits per heavy atom. The third-order valence-electron chi connectivity index (χ3n) is 2.06. The van der Waals surface area contributed by atoms with Crippen molar-refractivity contribution in [3.05, 3.63) is 51.7 Å². The normalized spacial score (nSPS) is 10.2. The van der Waals surface area contributed by atoms with E-state index < -0.39 is 0 Å². The van der Waals surface area contributed by atoms with Crippen LogP contribution in [-0.2, 0) is 0 Å². The first-order valence-electron chi connectivity index (χ1n) is 4.70. The molecule has 0 fully saturated rings. The Morgan fingerprint density at radius 2 is 2.06 bits per heavy atom. The molecule has 0 saturated carbocycles. The number of halogens is 2. The van der Waals surface area contributed by atoms with Crippen LogP contribution < -0.4 is 4.74 Å². The van der Waals surface area contributed by atoms with Crippen LogP contribution in [0.15, 0.2) is 41.1 Å². The van der Waals surface area contributed by atoms with Crippen molar-refractivity contribution in [2.45, 2.75) is 6.92 Å². The van der Waals surface area contributed by atoms with E-state index in [4.69, 9.17) is 16.3 Å². The fraction of sp³-hybridized carbons (Fsp3) is 0.0833. The van der Waals surface area contributed by atoms with E-state index in [1.165, 1.54) is 0 Å². The van der Waals surface area contributed by atoms with Gasteiger partial charge in [0.2, 0.25) is 0 Å². The second-order valence-electron chi connectivity index (χ2n) is 3.35. The number of hydrogen-bond acceptors (Lipinski definition) is 2. The van der Waals surface area contributed by atoms with Gasteiger partial charge in [-0.25, -0.2) is 0 Å². The fourth-order valence-corrected chi connectivity index (χ4v) is 1.76. The van der Waals surface area contributed by atoms with Crippen LogP contribution in [0, 0.1) is 6.92 Å². The minimum Gasteiger partial charge on any atom is -0.455 e. The van der Waals surface area contributed by atoms with E-state index in [2.05, 4.69) is 20.9 Å². The molecule has 1 aromatic carbocycles. The van der Waals surface area contributed by atoms with Gasteiger partial charge in [0.25, 0.3) is 0 Å². The van der Waals surface area contributed by atoms with Gasteiger partial charge in [-0.05, 0) is 46.6 Å². The Morgan fingerprint density at radius 3 is 2.81 bits per heavy atom. The zero-order valence-corrected chi connectivity index (χ0v) is 10.9. The Kier molecular flexibility index (Phi) is 3.46. The van der Waals surface area contributed by atoms with Crippen LogP contribution in [0.1, 0.15) is 5.56 Å². The maximum absolute atomic E-state index is 5.91. The molecule has 0 unspecified atom stereocenters. The SMILES string of the molecule is Cc1ccc(Cl)cc1Oc1cncc(Br)c1. The van der Waals surface area contributed by atoms with Crippen LogP contribution in [0.2, 0.25) is 5.02 Å². The highest BCUT2D eigenvalue weighted by Crippen LogP contribution is 2.28. The summed E-state index contributed by atoms with van der Waals surface area (Å²) >= 11 is 9.25. The molecular weight excluding hydrogens is 289 g/mol. The van der Waals surface area contributed by atoms with Crippen molar-refractivity contribution < 1.29 is 4.74 Å². The van der Waals surface area contributed by atoms with Crippen molar-refractivity contribution in [3.63, 3.8) is 0 Å². The quantitative estimate of drug-likeness (QED) is 0.808. The Labute approximate surface area is 107 Å². The lowest BCUT2D eigenvalue weighted by Crippen LogP contribution is -1.88. The predicted molar refractivity (Wildman–Crippen MR) is 68.2 cm³/mol. The highest BCUT2D eigenvalue weighted by molar-refractivity contribution is 9.10. The summed E-state index contributed by atoms with van der Waals surface area (Å²) in [6.07, 6.45) is 3.36. The molecule has 1 heterocycles. The molecule has 2 aromatic rings. The molecule has 0 aliphatic heterocycles. The van der Waals surface area contributed by atoms with Gasteiger partial charge in [-0.1, -0.05) is 17.7 Å². The summed E-state index contributed by atoms with van der Waals surface area (Å²) in [7, 11) is 0. The van der Waals surface area contributed by atoms with Gasteiger partial charge in [-0.3, -0.25) is 4.98 Å². The van der Waals surface area contributed by atoms with Crippen molar-refractivity contribution in [2.75, 3.05) is 0 Å². The number of ether oxygens (including phenoxy) is 1. The van der Waals surface area contributed by atoms with Gasteiger partial charge in [-0.15, -0.1) is 0 Å². The molecule has 1 aromatic heterocycles. The summed E-state index contributed by atoms with van der Waals surface area (Å²) in [5.74, 6) is 1.42. The molecule has 0 bridgehead atoms. The lowest BCUT2D eigenvalue weighted by molar-refractivity contribution is 0.476. The first-order chi connectivity index (χ1) is 7.65. The van der Waals surface area contributed by atoms with Crippen LogP contribution in [0.3, 0.4) is 0 Å². The van der Waals surface area contributed by atoms with Crippen molar-refractivity contribution in [3.8, 4) is 11.5 Å². The molecule has 0 saturated heterocycles. The molecule has 0 aliphatic rings. The Balaban J connectivity index is 2.30. The molecule has 82 valence electrons. The minimum absolute atomic E-state index is 0.656. The third-order valence-corrected chi connectivity index (χ3v) is 2.73. The number of pyridine rings is 1. The molecule has 0 atom stereocenters. The van der Waals surface area contributed by atoms with E-state index in [-0.39, 0.29) is 0 Å². The average molecular weight is 299 g/mol. The molecule has 0 radical (unpaired) electrons. The number of rotatable bonds is 2. The Bertz CT molecular complexity index is 516. The van der Waals surface area contributed by atoms with Gasteiger partial charge in [-0.2, -0.15) is 0 Å². The zero-order valence-electron chi connectivity index (χ0n) is 8.58. The summed E-state index contributed by atoms with van der Waals surface area (Å²) < 4.78 is 6.57. The smallest absolute Gasteiger partial charge is 0.146 e. The van der Waals surface area contributed by atoms with Crippen LogP contribution in [0.25, 0.3) is 0 Å². The molecule has 0 N–H and O–H groups in total. The van der Waals surface area contributed by atoms with Gasteiger partial charge in [0.05, 0.1) is 6.20 Å². The van der Waals surface area contributed by atoms with Gasteiger partial charge in [0.1, 0.15) is 11.5 Å². The molecule has 4 heteroatoms. The summed E-state index contributed by atoms with van der Waals surface area (Å²) in [6.45, 7) is 1.97. The maximum Gasteiger partial charge on any atom is 0.146 e. The molecule has 0 amide bonds. The number of aromatic nitrogens is 1. The summed E-state index contributed by atoms with van der Waals surface area (Å²) in [4.78, 5) is 4.03. The number of nitrogens with zero attached hydrogens (tertiary/aromatic N) is 1. The predicted octanol–water partition coefficient (Wildman–Crippen LogP) is 4.60. The highest BCUT2D eigenvalue weighted by Gasteiger charge is 2.03. The van der Waals surface area contributed by atoms with Crippen LogP contribution in [-0.4, -0.2) is 4.98 Å². The summed E-state index contributed by atoms with van der Waals surface area (Å²) in [6, 6.07) is 7.40. The maximum atomic E-state index is 5.91. The van der Waals surface area contributed by atoms with Gasteiger partial charge < -0.3 is 4.74 Å². The van der Waals surface area contributed by atoms with Crippen molar-refractivity contribution in [1.29, 1.82) is 0 Å². The standard InChI is InChI=1S/C12H9BrClNO/c1-8-2-3-10(14)5-12(8)16-11-4-9(13)6-15-7-11/h2-7H,1H3. The van der Waals surface area contributed by atoms with Crippen LogP contribution in [0.4, 0.5) is 0 Å². The second kappa shape index (κ2) is 4.85. The number of aryl methyl sites for hydroxylation is 1. The molecule has 2 rings (SSSR count). The number of hydrogen-bond donors (Lipinski definition) is 0. The monoisotopic (exact) mass is 297 g/mol. The second-order valence-corrected chi connectivity index (χ2v) is 4.70. The Hall–Kier alpha value is -1.06. The average Bonchev–Trinajstić information content (AvgIpc) is 2.24. The van der Waals surface area contributed by atoms with Crippen LogP contribution in [0.5, 0.6) is 11.5 Å². The fourth-order valence-electron chi connectivity index (χ4n) is 1.26. The zero-order chi connectivity index (χ0) is 11.5. The van der Waals surface area contributed by atoms with Crippen molar-refractivity contribution in [1.82, 2.24) is 4.98 Å². The molecular formula is C12H9BrClNO. The van der Waals surface area contributed by atoms with E-state index in [1.807, 2.05) is 25.1 Å². The topological polar surface area (TPSA) is 22.1 Å². The largest absolute Gasteiger partial charge is 0.455 e. The lowest BCUT2D eigenvalue weighted by atomic mass is 10.2. The van der Waals surface area contributed by atoms with Gasteiger partial charge in [0, 0.05) is 15.7 Å². The summed E-state index contributed by atoms with van der Waals surface area (Å²) in [5.41, 5.74) is 1.03. The van der Waals surface area contributed by atoms with E-state index in [1.54, 1.807) is 18.5 Å². The molecule has 0 aliphatic carbocycles. The minimum atomic E-state index is 0.656. The van der Waals surface area contributed by atoms with Crippen molar-refractivity contribution >= 4 is 27.5 Å². The van der Waals surface area contributed by atoms with Crippen molar-refractivity contribution in [2.24, 2.45) is 0 Å². The van der Waals surface area contributed by atoms with E-state index in [0.29, 0.717) is 10.8 Å². The van der Waals surface area contributed by atoms with Gasteiger partial charge >= 0.3 is 0 Å². The van der Waals surface area contributed by atoms with E-state index >= 15 is 0 Å². The molecule has 16 heavy (non-hydrogen) atoms. The molecule has 2 nitrogen and oxygen atoms in total. The van der Waals surface area contributed by atoms with Gasteiger partial charge in [0.15, 0.2) is 0 Å².